The number of nitrogens with zero attached hydrogens (tertiary/aromatic N) is 1. The second kappa shape index (κ2) is 6.58. The van der Waals surface area contributed by atoms with Crippen LogP contribution in [0.25, 0.3) is 0 Å². The smallest absolute Gasteiger partial charge is 0.0198 e. The van der Waals surface area contributed by atoms with Gasteiger partial charge in [0.25, 0.3) is 0 Å². The summed E-state index contributed by atoms with van der Waals surface area (Å²) >= 11 is 0. The zero-order valence-electron chi connectivity index (χ0n) is 12.7. The van der Waals surface area contributed by atoms with Gasteiger partial charge in [-0.3, -0.25) is 4.90 Å². The first-order chi connectivity index (χ1) is 9.35. The Morgan fingerprint density at radius 2 is 1.89 bits per heavy atom. The van der Waals surface area contributed by atoms with E-state index in [4.69, 9.17) is 0 Å². The van der Waals surface area contributed by atoms with Crippen molar-refractivity contribution < 1.29 is 0 Å². The Balaban J connectivity index is 1.46. The normalized spacial score (nSPS) is 33.3. The molecular weight excluding hydrogens is 232 g/mol. The number of unbranched alkanes of at least 4 members (excludes halogenated alkanes) is 1. The van der Waals surface area contributed by atoms with E-state index < -0.39 is 0 Å². The minimum absolute atomic E-state index is 0.789. The van der Waals surface area contributed by atoms with E-state index in [2.05, 4.69) is 17.1 Å². The zero-order valence-corrected chi connectivity index (χ0v) is 12.7. The molecule has 2 saturated carbocycles. The molecule has 19 heavy (non-hydrogen) atoms. The first-order valence-electron chi connectivity index (χ1n) is 8.82. The second-order valence-electron chi connectivity index (χ2n) is 7.33. The van der Waals surface area contributed by atoms with Crippen LogP contribution in [0.2, 0.25) is 0 Å². The highest BCUT2D eigenvalue weighted by Crippen LogP contribution is 2.33. The fourth-order valence-corrected chi connectivity index (χ4v) is 3.86. The Morgan fingerprint density at radius 3 is 2.53 bits per heavy atom. The first kappa shape index (κ1) is 13.9. The average molecular weight is 264 g/mol. The summed E-state index contributed by atoms with van der Waals surface area (Å²) in [5.41, 5.74) is 0. The van der Waals surface area contributed by atoms with Crippen LogP contribution in [0.5, 0.6) is 0 Å². The molecule has 2 heteroatoms. The van der Waals surface area contributed by atoms with E-state index in [1.54, 1.807) is 0 Å². The number of piperidine rings is 1. The molecule has 110 valence electrons. The summed E-state index contributed by atoms with van der Waals surface area (Å²) in [6, 6.07) is 1.74. The topological polar surface area (TPSA) is 15.3 Å². The van der Waals surface area contributed by atoms with E-state index in [9.17, 15) is 0 Å². The van der Waals surface area contributed by atoms with Gasteiger partial charge >= 0.3 is 0 Å². The zero-order chi connectivity index (χ0) is 13.1. The van der Waals surface area contributed by atoms with Gasteiger partial charge in [-0.1, -0.05) is 26.2 Å². The van der Waals surface area contributed by atoms with Crippen molar-refractivity contribution in [2.45, 2.75) is 76.8 Å². The van der Waals surface area contributed by atoms with E-state index in [0.29, 0.717) is 0 Å². The molecule has 0 radical (unpaired) electrons. The summed E-state index contributed by atoms with van der Waals surface area (Å²) in [5, 5.41) is 3.90. The van der Waals surface area contributed by atoms with Gasteiger partial charge in [-0.05, 0) is 56.9 Å². The van der Waals surface area contributed by atoms with Crippen LogP contribution >= 0.6 is 0 Å². The molecule has 3 aliphatic rings. The van der Waals surface area contributed by atoms with Gasteiger partial charge in [-0.15, -0.1) is 0 Å². The van der Waals surface area contributed by atoms with Crippen LogP contribution in [0.1, 0.15) is 64.7 Å². The minimum atomic E-state index is 0.789. The predicted octanol–water partition coefficient (Wildman–Crippen LogP) is 3.42. The van der Waals surface area contributed by atoms with Crippen LogP contribution in [-0.4, -0.2) is 36.6 Å². The van der Waals surface area contributed by atoms with E-state index in [-0.39, 0.29) is 0 Å². The molecule has 0 bridgehead atoms. The number of hydrogen-bond donors (Lipinski definition) is 1. The Kier molecular flexibility index (Phi) is 4.81. The highest BCUT2D eigenvalue weighted by molar-refractivity contribution is 4.92. The lowest BCUT2D eigenvalue weighted by atomic mass is 9.84. The molecule has 2 atom stereocenters. The summed E-state index contributed by atoms with van der Waals surface area (Å²) in [6.07, 6.45) is 13.1. The molecular formula is C17H32N2. The maximum atomic E-state index is 3.90. The summed E-state index contributed by atoms with van der Waals surface area (Å²) in [5.74, 6) is 1.97. The fraction of sp³-hybridized carbons (Fsp3) is 1.00. The Morgan fingerprint density at radius 1 is 1.05 bits per heavy atom. The first-order valence-corrected chi connectivity index (χ1v) is 8.82. The van der Waals surface area contributed by atoms with Crippen molar-refractivity contribution >= 4 is 0 Å². The Hall–Kier alpha value is -0.0800. The van der Waals surface area contributed by atoms with Crippen LogP contribution in [0, 0.1) is 11.8 Å². The summed E-state index contributed by atoms with van der Waals surface area (Å²) in [6.45, 7) is 6.35. The van der Waals surface area contributed by atoms with Crippen molar-refractivity contribution in [2.75, 3.05) is 19.6 Å². The molecule has 0 aromatic carbocycles. The van der Waals surface area contributed by atoms with Crippen molar-refractivity contribution in [3.63, 3.8) is 0 Å². The standard InChI is InChI=1S/C17H32N2/c1-2-3-5-15-10-16(18-11-14-6-4-7-14)13-19(12-15)17-8-9-17/h14-18H,2-13H2,1H3. The third-order valence-electron chi connectivity index (χ3n) is 5.51. The highest BCUT2D eigenvalue weighted by Gasteiger charge is 2.35. The molecule has 3 fully saturated rings. The van der Waals surface area contributed by atoms with Gasteiger partial charge in [0.2, 0.25) is 0 Å². The van der Waals surface area contributed by atoms with Crippen molar-refractivity contribution in [3.05, 3.63) is 0 Å². The number of rotatable bonds is 7. The van der Waals surface area contributed by atoms with Gasteiger partial charge in [-0.25, -0.2) is 0 Å². The third kappa shape index (κ3) is 3.95. The van der Waals surface area contributed by atoms with Crippen LogP contribution in [0.3, 0.4) is 0 Å². The highest BCUT2D eigenvalue weighted by atomic mass is 15.2. The van der Waals surface area contributed by atoms with E-state index >= 15 is 0 Å². The summed E-state index contributed by atoms with van der Waals surface area (Å²) in [4.78, 5) is 2.81. The van der Waals surface area contributed by atoms with E-state index in [1.807, 2.05) is 0 Å². The molecule has 0 spiro atoms. The molecule has 3 rings (SSSR count). The van der Waals surface area contributed by atoms with Crippen LogP contribution in [0.4, 0.5) is 0 Å². The monoisotopic (exact) mass is 264 g/mol. The molecule has 0 aromatic heterocycles. The number of hydrogen-bond acceptors (Lipinski definition) is 2. The molecule has 1 saturated heterocycles. The van der Waals surface area contributed by atoms with E-state index in [1.165, 1.54) is 77.4 Å². The van der Waals surface area contributed by atoms with Gasteiger partial charge in [0.15, 0.2) is 0 Å². The molecule has 0 aromatic rings. The van der Waals surface area contributed by atoms with Gasteiger partial charge < -0.3 is 5.32 Å². The largest absolute Gasteiger partial charge is 0.312 e. The molecule has 1 N–H and O–H groups in total. The van der Waals surface area contributed by atoms with Crippen molar-refractivity contribution in [1.82, 2.24) is 10.2 Å². The van der Waals surface area contributed by atoms with Gasteiger partial charge in [-0.2, -0.15) is 0 Å². The third-order valence-corrected chi connectivity index (χ3v) is 5.51. The van der Waals surface area contributed by atoms with Gasteiger partial charge in [0.1, 0.15) is 0 Å². The fourth-order valence-electron chi connectivity index (χ4n) is 3.86. The Labute approximate surface area is 119 Å². The quantitative estimate of drug-likeness (QED) is 0.758. The van der Waals surface area contributed by atoms with E-state index in [0.717, 1.165) is 23.9 Å². The van der Waals surface area contributed by atoms with Gasteiger partial charge in [0, 0.05) is 25.2 Å². The SMILES string of the molecule is CCCCC1CC(NCC2CCC2)CN(C2CC2)C1. The molecule has 1 heterocycles. The average Bonchev–Trinajstić information content (AvgIpc) is 3.18. The van der Waals surface area contributed by atoms with Crippen LogP contribution < -0.4 is 5.32 Å². The molecule has 2 nitrogen and oxygen atoms in total. The van der Waals surface area contributed by atoms with Crippen molar-refractivity contribution in [2.24, 2.45) is 11.8 Å². The van der Waals surface area contributed by atoms with Crippen LogP contribution in [-0.2, 0) is 0 Å². The van der Waals surface area contributed by atoms with Crippen molar-refractivity contribution in [1.29, 1.82) is 0 Å². The predicted molar refractivity (Wildman–Crippen MR) is 81.4 cm³/mol. The number of likely N-dealkylation sites (tertiary alicyclic amines) is 1. The second-order valence-corrected chi connectivity index (χ2v) is 7.33. The lowest BCUT2D eigenvalue weighted by molar-refractivity contribution is 0.122. The maximum Gasteiger partial charge on any atom is 0.0198 e. The van der Waals surface area contributed by atoms with Gasteiger partial charge in [0.05, 0.1) is 0 Å². The minimum Gasteiger partial charge on any atom is -0.312 e. The van der Waals surface area contributed by atoms with Crippen LogP contribution in [0.15, 0.2) is 0 Å². The molecule has 1 aliphatic heterocycles. The lowest BCUT2D eigenvalue weighted by Crippen LogP contribution is -2.51. The Bertz CT molecular complexity index is 270. The van der Waals surface area contributed by atoms with Crippen molar-refractivity contribution in [3.8, 4) is 0 Å². The number of nitrogens with one attached hydrogen (secondary N) is 1. The summed E-state index contributed by atoms with van der Waals surface area (Å²) in [7, 11) is 0. The molecule has 2 unspecified atom stereocenters. The lowest BCUT2D eigenvalue weighted by Gasteiger charge is -2.39. The molecule has 2 aliphatic carbocycles. The summed E-state index contributed by atoms with van der Waals surface area (Å²) < 4.78 is 0. The maximum absolute atomic E-state index is 3.90. The molecule has 0 amide bonds.